The van der Waals surface area contributed by atoms with Crippen LogP contribution in [0.25, 0.3) is 5.65 Å². The Balaban J connectivity index is 1.59. The first-order valence-electron chi connectivity index (χ1n) is 7.54. The van der Waals surface area contributed by atoms with Gasteiger partial charge in [0.05, 0.1) is 0 Å². The van der Waals surface area contributed by atoms with Crippen molar-refractivity contribution in [2.24, 2.45) is 5.92 Å². The van der Waals surface area contributed by atoms with Gasteiger partial charge in [0, 0.05) is 19.2 Å². The molecule has 2 N–H and O–H groups in total. The molecule has 1 saturated heterocycles. The second kappa shape index (κ2) is 5.85. The lowest BCUT2D eigenvalue weighted by molar-refractivity contribution is 0.199. The molecule has 0 aromatic carbocycles. The minimum absolute atomic E-state index is 0.246. The SMILES string of the molecule is Cc1nc(NCCN2CCC(C)CC2)cc2n[nH]c(=O)n12. The maximum atomic E-state index is 11.5. The lowest BCUT2D eigenvalue weighted by Crippen LogP contribution is -2.36. The molecule has 0 atom stereocenters. The van der Waals surface area contributed by atoms with Crippen LogP contribution < -0.4 is 11.0 Å². The molecule has 21 heavy (non-hydrogen) atoms. The minimum atomic E-state index is -0.246. The summed E-state index contributed by atoms with van der Waals surface area (Å²) < 4.78 is 1.47. The first-order chi connectivity index (χ1) is 10.1. The Morgan fingerprint density at radius 1 is 1.43 bits per heavy atom. The summed E-state index contributed by atoms with van der Waals surface area (Å²) in [6.07, 6.45) is 2.58. The average molecular weight is 290 g/mol. The first kappa shape index (κ1) is 14.1. The number of aryl methyl sites for hydroxylation is 1. The third-order valence-electron chi connectivity index (χ3n) is 4.18. The molecule has 2 aromatic rings. The van der Waals surface area contributed by atoms with Crippen LogP contribution in [-0.4, -0.2) is 50.7 Å². The molecule has 7 heteroatoms. The van der Waals surface area contributed by atoms with Crippen LogP contribution in [0.2, 0.25) is 0 Å². The molecule has 3 rings (SSSR count). The third kappa shape index (κ3) is 3.07. The second-order valence-corrected chi connectivity index (χ2v) is 5.86. The van der Waals surface area contributed by atoms with Gasteiger partial charge in [-0.3, -0.25) is 0 Å². The number of rotatable bonds is 4. The van der Waals surface area contributed by atoms with E-state index in [4.69, 9.17) is 0 Å². The van der Waals surface area contributed by atoms with Gasteiger partial charge in [0.1, 0.15) is 11.6 Å². The van der Waals surface area contributed by atoms with Gasteiger partial charge in [-0.05, 0) is 38.8 Å². The van der Waals surface area contributed by atoms with Crippen molar-refractivity contribution in [3.63, 3.8) is 0 Å². The summed E-state index contributed by atoms with van der Waals surface area (Å²) in [5.74, 6) is 2.27. The predicted octanol–water partition coefficient (Wildman–Crippen LogP) is 0.870. The lowest BCUT2D eigenvalue weighted by Gasteiger charge is -2.30. The molecule has 0 saturated carbocycles. The normalized spacial score (nSPS) is 17.4. The molecule has 3 heterocycles. The van der Waals surface area contributed by atoms with Crippen LogP contribution in [0.4, 0.5) is 5.82 Å². The molecule has 0 bridgehead atoms. The molecule has 0 radical (unpaired) electrons. The van der Waals surface area contributed by atoms with Crippen LogP contribution in [0.5, 0.6) is 0 Å². The fourth-order valence-corrected chi connectivity index (χ4v) is 2.82. The Hall–Kier alpha value is -1.89. The molecule has 0 unspecified atom stereocenters. The van der Waals surface area contributed by atoms with Gasteiger partial charge in [0.25, 0.3) is 0 Å². The van der Waals surface area contributed by atoms with E-state index in [1.165, 1.54) is 30.3 Å². The Morgan fingerprint density at radius 2 is 2.19 bits per heavy atom. The fraction of sp³-hybridized carbons (Fsp3) is 0.643. The van der Waals surface area contributed by atoms with E-state index in [2.05, 4.69) is 32.3 Å². The average Bonchev–Trinajstić information content (AvgIpc) is 2.83. The summed E-state index contributed by atoms with van der Waals surface area (Å²) >= 11 is 0. The van der Waals surface area contributed by atoms with Crippen molar-refractivity contribution in [2.45, 2.75) is 26.7 Å². The molecular weight excluding hydrogens is 268 g/mol. The Kier molecular flexibility index (Phi) is 3.92. The van der Waals surface area contributed by atoms with Gasteiger partial charge >= 0.3 is 5.69 Å². The number of likely N-dealkylation sites (tertiary alicyclic amines) is 1. The summed E-state index contributed by atoms with van der Waals surface area (Å²) in [4.78, 5) is 18.4. The van der Waals surface area contributed by atoms with Gasteiger partial charge in [-0.15, -0.1) is 0 Å². The molecule has 0 aliphatic carbocycles. The Labute approximate surface area is 123 Å². The van der Waals surface area contributed by atoms with E-state index >= 15 is 0 Å². The number of nitrogens with one attached hydrogen (secondary N) is 2. The molecule has 1 fully saturated rings. The van der Waals surface area contributed by atoms with E-state index < -0.39 is 0 Å². The van der Waals surface area contributed by atoms with Gasteiger partial charge in [0.2, 0.25) is 0 Å². The maximum absolute atomic E-state index is 11.5. The van der Waals surface area contributed by atoms with Gasteiger partial charge in [-0.2, -0.15) is 5.10 Å². The largest absolute Gasteiger partial charge is 0.369 e. The highest BCUT2D eigenvalue weighted by Crippen LogP contribution is 2.15. The number of H-pyrrole nitrogens is 1. The summed E-state index contributed by atoms with van der Waals surface area (Å²) in [5, 5.41) is 9.74. The van der Waals surface area contributed by atoms with Crippen molar-refractivity contribution >= 4 is 11.5 Å². The van der Waals surface area contributed by atoms with Crippen molar-refractivity contribution in [2.75, 3.05) is 31.5 Å². The Morgan fingerprint density at radius 3 is 2.95 bits per heavy atom. The topological polar surface area (TPSA) is 78.3 Å². The van der Waals surface area contributed by atoms with E-state index in [9.17, 15) is 4.79 Å². The summed E-state index contributed by atoms with van der Waals surface area (Å²) in [6, 6.07) is 1.79. The van der Waals surface area contributed by atoms with E-state index in [-0.39, 0.29) is 5.69 Å². The first-order valence-corrected chi connectivity index (χ1v) is 7.54. The molecular formula is C14H22N6O. The number of hydrogen-bond acceptors (Lipinski definition) is 5. The van der Waals surface area contributed by atoms with Crippen LogP contribution in [-0.2, 0) is 0 Å². The summed E-state index contributed by atoms with van der Waals surface area (Å²) in [5.41, 5.74) is 0.353. The second-order valence-electron chi connectivity index (χ2n) is 5.86. The van der Waals surface area contributed by atoms with Crippen molar-refractivity contribution in [1.82, 2.24) is 24.5 Å². The van der Waals surface area contributed by atoms with E-state index in [1.807, 2.05) is 0 Å². The molecule has 1 aliphatic heterocycles. The number of anilines is 1. The lowest BCUT2D eigenvalue weighted by atomic mass is 9.99. The maximum Gasteiger partial charge on any atom is 0.349 e. The number of piperidine rings is 1. The van der Waals surface area contributed by atoms with E-state index in [0.717, 1.165) is 24.8 Å². The zero-order valence-electron chi connectivity index (χ0n) is 12.6. The third-order valence-corrected chi connectivity index (χ3v) is 4.18. The monoisotopic (exact) mass is 290 g/mol. The van der Waals surface area contributed by atoms with Crippen LogP contribution in [0.15, 0.2) is 10.9 Å². The molecule has 7 nitrogen and oxygen atoms in total. The zero-order chi connectivity index (χ0) is 14.8. The van der Waals surface area contributed by atoms with Gasteiger partial charge in [-0.1, -0.05) is 6.92 Å². The number of hydrogen-bond donors (Lipinski definition) is 2. The molecule has 0 amide bonds. The van der Waals surface area contributed by atoms with Gasteiger partial charge in [-0.25, -0.2) is 19.3 Å². The number of aromatic amines is 1. The highest BCUT2D eigenvalue weighted by molar-refractivity contribution is 5.49. The minimum Gasteiger partial charge on any atom is -0.369 e. The molecule has 2 aromatic heterocycles. The van der Waals surface area contributed by atoms with Gasteiger partial charge in [0.15, 0.2) is 5.65 Å². The predicted molar refractivity (Wildman–Crippen MR) is 81.7 cm³/mol. The number of fused-ring (bicyclic) bond motifs is 1. The van der Waals surface area contributed by atoms with Crippen LogP contribution in [0.3, 0.4) is 0 Å². The van der Waals surface area contributed by atoms with Crippen molar-refractivity contribution < 1.29 is 0 Å². The van der Waals surface area contributed by atoms with E-state index in [1.54, 1.807) is 13.0 Å². The zero-order valence-corrected chi connectivity index (χ0v) is 12.6. The summed E-state index contributed by atoms with van der Waals surface area (Å²) in [6.45, 7) is 8.37. The smallest absolute Gasteiger partial charge is 0.349 e. The molecule has 0 spiro atoms. The number of nitrogens with zero attached hydrogens (tertiary/aromatic N) is 4. The molecule has 114 valence electrons. The fourth-order valence-electron chi connectivity index (χ4n) is 2.82. The summed E-state index contributed by atoms with van der Waals surface area (Å²) in [7, 11) is 0. The van der Waals surface area contributed by atoms with E-state index in [0.29, 0.717) is 11.5 Å². The highest BCUT2D eigenvalue weighted by Gasteiger charge is 2.15. The Bertz CT molecular complexity index is 668. The van der Waals surface area contributed by atoms with Crippen LogP contribution in [0, 0.1) is 12.8 Å². The van der Waals surface area contributed by atoms with Gasteiger partial charge < -0.3 is 10.2 Å². The quantitative estimate of drug-likeness (QED) is 0.873. The van der Waals surface area contributed by atoms with Crippen molar-refractivity contribution in [1.29, 1.82) is 0 Å². The van der Waals surface area contributed by atoms with Crippen molar-refractivity contribution in [3.8, 4) is 0 Å². The van der Waals surface area contributed by atoms with Crippen molar-refractivity contribution in [3.05, 3.63) is 22.4 Å². The van der Waals surface area contributed by atoms with Crippen LogP contribution in [0.1, 0.15) is 25.6 Å². The highest BCUT2D eigenvalue weighted by atomic mass is 16.1. The van der Waals surface area contributed by atoms with Crippen LogP contribution >= 0.6 is 0 Å². The standard InChI is InChI=1S/C14H22N6O/c1-10-3-6-19(7-4-10)8-5-15-12-9-13-17-18-14(21)20(13)11(2)16-12/h9-10,15H,3-8H2,1-2H3,(H,18,21). The molecule has 1 aliphatic rings. The number of aromatic nitrogens is 4.